The third-order valence-corrected chi connectivity index (χ3v) is 2.42. The normalized spacial score (nSPS) is 32.0. The Balaban J connectivity index is 3.00. The molecule has 0 unspecified atom stereocenters. The molecule has 1 aliphatic rings. The van der Waals surface area contributed by atoms with Crippen LogP contribution in [0.2, 0.25) is 0 Å². The first kappa shape index (κ1) is 13.1. The van der Waals surface area contributed by atoms with E-state index in [-0.39, 0.29) is 5.57 Å². The Morgan fingerprint density at radius 3 is 2.38 bits per heavy atom. The molecule has 0 saturated heterocycles. The molecule has 0 bridgehead atoms. The number of hydrogen-bond donors (Lipinski definition) is 4. The summed E-state index contributed by atoms with van der Waals surface area (Å²) in [7, 11) is 0. The van der Waals surface area contributed by atoms with Gasteiger partial charge in [0.2, 0.25) is 0 Å². The zero-order valence-electron chi connectivity index (χ0n) is 9.16. The molecule has 0 heterocycles. The van der Waals surface area contributed by atoms with Crippen LogP contribution in [0.5, 0.6) is 0 Å². The summed E-state index contributed by atoms with van der Waals surface area (Å²) in [4.78, 5) is 11.2. The molecule has 1 rings (SSSR count). The highest BCUT2D eigenvalue weighted by Gasteiger charge is 2.38. The Bertz CT molecular complexity index is 340. The second-order valence-corrected chi connectivity index (χ2v) is 4.12. The van der Waals surface area contributed by atoms with Crippen LogP contribution in [0.4, 0.5) is 0 Å². The monoisotopic (exact) mass is 228 g/mol. The first-order chi connectivity index (χ1) is 7.34. The number of rotatable bonds is 2. The molecule has 5 heteroatoms. The molecule has 0 amide bonds. The predicted molar refractivity (Wildman–Crippen MR) is 56.5 cm³/mol. The summed E-state index contributed by atoms with van der Waals surface area (Å²) in [5, 5.41) is 37.8. The van der Waals surface area contributed by atoms with Crippen LogP contribution in [0.3, 0.4) is 0 Å². The number of aliphatic hydroxyl groups excluding tert-OH is 4. The molecule has 0 aromatic carbocycles. The van der Waals surface area contributed by atoms with Crippen molar-refractivity contribution in [2.75, 3.05) is 0 Å². The summed E-state index contributed by atoms with van der Waals surface area (Å²) < 4.78 is 0. The summed E-state index contributed by atoms with van der Waals surface area (Å²) in [6, 6.07) is 0. The van der Waals surface area contributed by atoms with Crippen molar-refractivity contribution in [3.63, 3.8) is 0 Å². The van der Waals surface area contributed by atoms with E-state index in [1.165, 1.54) is 6.08 Å². The van der Waals surface area contributed by atoms with E-state index in [1.807, 2.05) is 0 Å². The standard InChI is InChI=1S/C11H16O5/c1-5(2)3-7(12)6-4-8(13)10(15)11(16)9(6)14/h3-4,7,9-12,14-16H,1-2H3/t7-,9-,10+,11+/m0/s1. The van der Waals surface area contributed by atoms with Crippen molar-refractivity contribution in [1.82, 2.24) is 0 Å². The van der Waals surface area contributed by atoms with Gasteiger partial charge >= 0.3 is 0 Å². The number of ketones is 1. The maximum Gasteiger partial charge on any atom is 0.187 e. The van der Waals surface area contributed by atoms with Crippen LogP contribution in [0.15, 0.2) is 23.3 Å². The Labute approximate surface area is 93.3 Å². The lowest BCUT2D eigenvalue weighted by Crippen LogP contribution is -2.48. The number of carbonyl (C=O) groups excluding carboxylic acids is 1. The van der Waals surface area contributed by atoms with Crippen LogP contribution < -0.4 is 0 Å². The van der Waals surface area contributed by atoms with Crippen LogP contribution in [-0.4, -0.2) is 50.6 Å². The number of hydrogen-bond acceptors (Lipinski definition) is 5. The second kappa shape index (κ2) is 4.88. The minimum Gasteiger partial charge on any atom is -0.387 e. The molecule has 4 N–H and O–H groups in total. The van der Waals surface area contributed by atoms with E-state index in [0.29, 0.717) is 0 Å². The summed E-state index contributed by atoms with van der Waals surface area (Å²) in [5.74, 6) is -0.714. The van der Waals surface area contributed by atoms with Crippen molar-refractivity contribution >= 4 is 5.78 Å². The Morgan fingerprint density at radius 1 is 1.31 bits per heavy atom. The molecule has 0 spiro atoms. The smallest absolute Gasteiger partial charge is 0.187 e. The average Bonchev–Trinajstić information content (AvgIpc) is 2.19. The van der Waals surface area contributed by atoms with Gasteiger partial charge in [-0.1, -0.05) is 11.6 Å². The molecule has 0 aliphatic heterocycles. The van der Waals surface area contributed by atoms with E-state index in [0.717, 1.165) is 11.6 Å². The minimum absolute atomic E-state index is 0.00370. The van der Waals surface area contributed by atoms with E-state index < -0.39 is 30.2 Å². The largest absolute Gasteiger partial charge is 0.387 e. The van der Waals surface area contributed by atoms with Crippen molar-refractivity contribution in [3.8, 4) is 0 Å². The average molecular weight is 228 g/mol. The lowest BCUT2D eigenvalue weighted by molar-refractivity contribution is -0.135. The highest BCUT2D eigenvalue weighted by Crippen LogP contribution is 2.21. The quantitative estimate of drug-likeness (QED) is 0.450. The summed E-state index contributed by atoms with van der Waals surface area (Å²) >= 11 is 0. The Kier molecular flexibility index (Phi) is 3.98. The van der Waals surface area contributed by atoms with Crippen LogP contribution in [0, 0.1) is 0 Å². The van der Waals surface area contributed by atoms with E-state index in [1.54, 1.807) is 13.8 Å². The molecular formula is C11H16O5. The van der Waals surface area contributed by atoms with Crippen LogP contribution >= 0.6 is 0 Å². The van der Waals surface area contributed by atoms with Gasteiger partial charge in [0.1, 0.15) is 18.3 Å². The molecule has 0 fully saturated rings. The molecule has 0 saturated carbocycles. The number of carbonyl (C=O) groups is 1. The topological polar surface area (TPSA) is 98.0 Å². The molecule has 1 aliphatic carbocycles. The van der Waals surface area contributed by atoms with Gasteiger partial charge in [-0.2, -0.15) is 0 Å². The van der Waals surface area contributed by atoms with E-state index in [4.69, 9.17) is 0 Å². The predicted octanol–water partition coefficient (Wildman–Crippen LogP) is -1.09. The van der Waals surface area contributed by atoms with Gasteiger partial charge in [0.25, 0.3) is 0 Å². The van der Waals surface area contributed by atoms with Crippen LogP contribution in [0.1, 0.15) is 13.8 Å². The zero-order valence-corrected chi connectivity index (χ0v) is 9.16. The van der Waals surface area contributed by atoms with Crippen molar-refractivity contribution in [2.24, 2.45) is 0 Å². The van der Waals surface area contributed by atoms with Crippen LogP contribution in [-0.2, 0) is 4.79 Å². The Hall–Kier alpha value is -1.01. The van der Waals surface area contributed by atoms with Crippen molar-refractivity contribution < 1.29 is 25.2 Å². The van der Waals surface area contributed by atoms with E-state index >= 15 is 0 Å². The molecule has 16 heavy (non-hydrogen) atoms. The fourth-order valence-electron chi connectivity index (χ4n) is 1.55. The van der Waals surface area contributed by atoms with Gasteiger partial charge in [-0.05, 0) is 25.5 Å². The minimum atomic E-state index is -1.63. The maximum atomic E-state index is 11.2. The number of aliphatic hydroxyl groups is 4. The highest BCUT2D eigenvalue weighted by atomic mass is 16.4. The van der Waals surface area contributed by atoms with Gasteiger partial charge in [-0.25, -0.2) is 0 Å². The summed E-state index contributed by atoms with van der Waals surface area (Å²) in [5.41, 5.74) is 0.817. The fraction of sp³-hybridized carbons (Fsp3) is 0.545. The van der Waals surface area contributed by atoms with E-state index in [2.05, 4.69) is 0 Å². The molecular weight excluding hydrogens is 212 g/mol. The highest BCUT2D eigenvalue weighted by molar-refractivity contribution is 5.96. The summed E-state index contributed by atoms with van der Waals surface area (Å²) in [6.07, 6.45) is -3.35. The van der Waals surface area contributed by atoms with Gasteiger partial charge in [0.15, 0.2) is 5.78 Å². The molecule has 0 radical (unpaired) electrons. The third kappa shape index (κ3) is 2.56. The maximum absolute atomic E-state index is 11.2. The fourth-order valence-corrected chi connectivity index (χ4v) is 1.55. The molecule has 4 atom stereocenters. The third-order valence-electron chi connectivity index (χ3n) is 2.42. The molecule has 0 aromatic rings. The molecule has 90 valence electrons. The van der Waals surface area contributed by atoms with Crippen LogP contribution in [0.25, 0.3) is 0 Å². The molecule has 5 nitrogen and oxygen atoms in total. The SMILES string of the molecule is CC(C)=C[C@H](O)C1=CC(=O)[C@@H](O)[C@H](O)[C@H]1O. The van der Waals surface area contributed by atoms with Gasteiger partial charge in [-0.3, -0.25) is 4.79 Å². The first-order valence-electron chi connectivity index (χ1n) is 4.97. The summed E-state index contributed by atoms with van der Waals surface area (Å²) in [6.45, 7) is 3.51. The lowest BCUT2D eigenvalue weighted by atomic mass is 9.87. The van der Waals surface area contributed by atoms with Gasteiger partial charge in [0.05, 0.1) is 6.10 Å². The second-order valence-electron chi connectivity index (χ2n) is 4.12. The van der Waals surface area contributed by atoms with Crippen molar-refractivity contribution in [2.45, 2.75) is 38.3 Å². The van der Waals surface area contributed by atoms with Gasteiger partial charge in [-0.15, -0.1) is 0 Å². The van der Waals surface area contributed by atoms with Crippen molar-refractivity contribution in [3.05, 3.63) is 23.3 Å². The molecule has 0 aromatic heterocycles. The number of allylic oxidation sites excluding steroid dienone is 1. The van der Waals surface area contributed by atoms with Gasteiger partial charge in [0, 0.05) is 0 Å². The van der Waals surface area contributed by atoms with Gasteiger partial charge < -0.3 is 20.4 Å². The first-order valence-corrected chi connectivity index (χ1v) is 4.97. The zero-order chi connectivity index (χ0) is 12.5. The Morgan fingerprint density at radius 2 is 1.88 bits per heavy atom. The van der Waals surface area contributed by atoms with E-state index in [9.17, 15) is 25.2 Å². The van der Waals surface area contributed by atoms with Crippen molar-refractivity contribution in [1.29, 1.82) is 0 Å². The lowest BCUT2D eigenvalue weighted by Gasteiger charge is -2.29.